The Kier molecular flexibility index (Phi) is 6.49. The van der Waals surface area contributed by atoms with Gasteiger partial charge >= 0.3 is 12.0 Å². The highest BCUT2D eigenvalue weighted by atomic mass is 32.1. The molecule has 34 heavy (non-hydrogen) atoms. The molecule has 0 spiro atoms. The molecule has 4 amide bonds. The van der Waals surface area contributed by atoms with Crippen molar-refractivity contribution in [3.8, 4) is 0 Å². The molecular weight excluding hydrogens is 454 g/mol. The van der Waals surface area contributed by atoms with E-state index in [1.54, 1.807) is 13.8 Å². The molecule has 0 radical (unpaired) electrons. The summed E-state index contributed by atoms with van der Waals surface area (Å²) in [5.74, 6) is -1.54. The van der Waals surface area contributed by atoms with Crippen LogP contribution in [0.25, 0.3) is 0 Å². The lowest BCUT2D eigenvalue weighted by Crippen LogP contribution is -2.42. The molecule has 2 aromatic rings. The van der Waals surface area contributed by atoms with Crippen LogP contribution in [0, 0.1) is 6.92 Å². The van der Waals surface area contributed by atoms with E-state index in [1.807, 2.05) is 32.0 Å². The van der Waals surface area contributed by atoms with Crippen molar-refractivity contribution in [2.45, 2.75) is 58.9 Å². The number of thiophene rings is 1. The minimum absolute atomic E-state index is 0.216. The molecule has 1 aliphatic heterocycles. The average Bonchev–Trinajstić information content (AvgIpc) is 3.44. The molecule has 8 nitrogen and oxygen atoms in total. The number of imide groups is 1. The Bertz CT molecular complexity index is 1190. The molecule has 0 bridgehead atoms. The molecule has 0 saturated carbocycles. The van der Waals surface area contributed by atoms with Crippen LogP contribution in [0.15, 0.2) is 18.2 Å². The van der Waals surface area contributed by atoms with Gasteiger partial charge in [-0.25, -0.2) is 9.59 Å². The van der Waals surface area contributed by atoms with Crippen LogP contribution in [0.2, 0.25) is 0 Å². The Morgan fingerprint density at radius 2 is 1.94 bits per heavy atom. The Balaban J connectivity index is 1.53. The summed E-state index contributed by atoms with van der Waals surface area (Å²) in [6.45, 7) is 6.95. The monoisotopic (exact) mass is 483 g/mol. The van der Waals surface area contributed by atoms with E-state index in [2.05, 4.69) is 10.6 Å². The zero-order chi connectivity index (χ0) is 24.6. The summed E-state index contributed by atoms with van der Waals surface area (Å²) in [5.41, 5.74) is 3.09. The highest BCUT2D eigenvalue weighted by Gasteiger charge is 2.49. The largest absolute Gasteiger partial charge is 0.462 e. The van der Waals surface area contributed by atoms with Crippen LogP contribution in [0.4, 0.5) is 9.80 Å². The third-order valence-electron chi connectivity index (χ3n) is 6.55. The Morgan fingerprint density at radius 3 is 2.65 bits per heavy atom. The van der Waals surface area contributed by atoms with Crippen molar-refractivity contribution >= 4 is 40.2 Å². The molecule has 4 rings (SSSR count). The first-order valence-electron chi connectivity index (χ1n) is 11.5. The third kappa shape index (κ3) is 4.09. The van der Waals surface area contributed by atoms with Crippen LogP contribution >= 0.6 is 11.3 Å². The first-order valence-corrected chi connectivity index (χ1v) is 12.4. The quantitative estimate of drug-likeness (QED) is 0.462. The molecule has 2 aliphatic rings. The number of amides is 4. The van der Waals surface area contributed by atoms with E-state index in [9.17, 15) is 19.2 Å². The van der Waals surface area contributed by atoms with Crippen LogP contribution in [-0.2, 0) is 39.1 Å². The molecule has 1 unspecified atom stereocenters. The predicted molar refractivity (Wildman–Crippen MR) is 129 cm³/mol. The van der Waals surface area contributed by atoms with E-state index in [-0.39, 0.29) is 6.61 Å². The van der Waals surface area contributed by atoms with Crippen molar-refractivity contribution in [1.29, 1.82) is 0 Å². The standard InChI is InChI=1S/C25H29N3O5S/c1-5-18-14(3)34-21(20(18)22(30)33-6-2)26-19(29)13-28-23(31)25(4,27-24(28)32)17-11-10-15-8-7-9-16(15)12-17/h10-12H,5-9,13H2,1-4H3,(H,26,29)(H,27,32). The number of carbonyl (C=O) groups is 4. The van der Waals surface area contributed by atoms with Crippen molar-refractivity contribution < 1.29 is 23.9 Å². The topological polar surface area (TPSA) is 105 Å². The first kappa shape index (κ1) is 23.9. The molecule has 2 heterocycles. The SMILES string of the molecule is CCOC(=O)c1c(NC(=O)CN2C(=O)NC(C)(c3ccc4c(c3)CCC4)C2=O)sc(C)c1CC. The summed E-state index contributed by atoms with van der Waals surface area (Å²) in [7, 11) is 0. The predicted octanol–water partition coefficient (Wildman–Crippen LogP) is 3.69. The fourth-order valence-corrected chi connectivity index (χ4v) is 5.89. The summed E-state index contributed by atoms with van der Waals surface area (Å²) in [6, 6.07) is 5.25. The molecule has 9 heteroatoms. The Labute approximate surface area is 202 Å². The van der Waals surface area contributed by atoms with E-state index in [0.717, 1.165) is 34.6 Å². The van der Waals surface area contributed by atoms with Gasteiger partial charge in [-0.1, -0.05) is 25.1 Å². The number of ether oxygens (including phenoxy) is 1. The Hall–Kier alpha value is -3.20. The number of rotatable bonds is 7. The molecular formula is C25H29N3O5S. The number of esters is 1. The highest BCUT2D eigenvalue weighted by Crippen LogP contribution is 2.35. The van der Waals surface area contributed by atoms with Crippen molar-refractivity contribution in [2.24, 2.45) is 0 Å². The van der Waals surface area contributed by atoms with Gasteiger partial charge < -0.3 is 15.4 Å². The van der Waals surface area contributed by atoms with Crippen molar-refractivity contribution in [3.05, 3.63) is 50.9 Å². The maximum absolute atomic E-state index is 13.3. The Morgan fingerprint density at radius 1 is 1.21 bits per heavy atom. The summed E-state index contributed by atoms with van der Waals surface area (Å²) >= 11 is 1.28. The van der Waals surface area contributed by atoms with Gasteiger partial charge in [-0.15, -0.1) is 11.3 Å². The van der Waals surface area contributed by atoms with Gasteiger partial charge in [0.2, 0.25) is 5.91 Å². The molecule has 1 aliphatic carbocycles. The van der Waals surface area contributed by atoms with E-state index in [4.69, 9.17) is 4.74 Å². The average molecular weight is 484 g/mol. The van der Waals surface area contributed by atoms with Gasteiger partial charge in [0.25, 0.3) is 5.91 Å². The van der Waals surface area contributed by atoms with Gasteiger partial charge in [0.1, 0.15) is 17.1 Å². The second kappa shape index (κ2) is 9.21. The third-order valence-corrected chi connectivity index (χ3v) is 7.61. The fourth-order valence-electron chi connectivity index (χ4n) is 4.74. The second-order valence-corrected chi connectivity index (χ2v) is 9.97. The van der Waals surface area contributed by atoms with Crippen LogP contribution in [0.1, 0.15) is 64.7 Å². The number of carbonyl (C=O) groups excluding carboxylic acids is 4. The lowest BCUT2D eigenvalue weighted by atomic mass is 9.89. The van der Waals surface area contributed by atoms with Crippen molar-refractivity contribution in [3.63, 3.8) is 0 Å². The van der Waals surface area contributed by atoms with Gasteiger partial charge in [-0.3, -0.25) is 14.5 Å². The van der Waals surface area contributed by atoms with Gasteiger partial charge in [0.05, 0.1) is 12.2 Å². The van der Waals surface area contributed by atoms with Crippen LogP contribution in [-0.4, -0.2) is 41.9 Å². The van der Waals surface area contributed by atoms with E-state index >= 15 is 0 Å². The molecule has 1 atom stereocenters. The molecule has 180 valence electrons. The smallest absolute Gasteiger partial charge is 0.341 e. The number of hydrogen-bond donors (Lipinski definition) is 2. The molecule has 1 saturated heterocycles. The summed E-state index contributed by atoms with van der Waals surface area (Å²) < 4.78 is 5.17. The van der Waals surface area contributed by atoms with Gasteiger partial charge in [0.15, 0.2) is 0 Å². The van der Waals surface area contributed by atoms with Gasteiger partial charge in [-0.05, 0) is 68.7 Å². The summed E-state index contributed by atoms with van der Waals surface area (Å²) in [6.07, 6.45) is 3.67. The van der Waals surface area contributed by atoms with Crippen molar-refractivity contribution in [2.75, 3.05) is 18.5 Å². The second-order valence-electron chi connectivity index (χ2n) is 8.75. The van der Waals surface area contributed by atoms with Crippen LogP contribution in [0.3, 0.4) is 0 Å². The molecule has 1 aromatic carbocycles. The highest BCUT2D eigenvalue weighted by molar-refractivity contribution is 7.16. The number of urea groups is 1. The first-order chi connectivity index (χ1) is 16.2. The van der Waals surface area contributed by atoms with Gasteiger partial charge in [-0.2, -0.15) is 0 Å². The number of hydrogen-bond acceptors (Lipinski definition) is 6. The normalized spacial score (nSPS) is 19.2. The number of benzene rings is 1. The van der Waals surface area contributed by atoms with E-state index in [1.165, 1.54) is 22.5 Å². The minimum Gasteiger partial charge on any atom is -0.462 e. The number of fused-ring (bicyclic) bond motifs is 1. The minimum atomic E-state index is -1.24. The lowest BCUT2D eigenvalue weighted by molar-refractivity contribution is -0.133. The maximum Gasteiger partial charge on any atom is 0.341 e. The van der Waals surface area contributed by atoms with E-state index in [0.29, 0.717) is 22.5 Å². The number of nitrogens with zero attached hydrogens (tertiary/aromatic N) is 1. The lowest BCUT2D eigenvalue weighted by Gasteiger charge is -2.23. The zero-order valence-corrected chi connectivity index (χ0v) is 20.7. The number of aryl methyl sites for hydroxylation is 3. The van der Waals surface area contributed by atoms with Crippen LogP contribution in [0.5, 0.6) is 0 Å². The zero-order valence-electron chi connectivity index (χ0n) is 19.9. The summed E-state index contributed by atoms with van der Waals surface area (Å²) in [4.78, 5) is 53.2. The summed E-state index contributed by atoms with van der Waals surface area (Å²) in [5, 5.41) is 5.85. The van der Waals surface area contributed by atoms with Crippen LogP contribution < -0.4 is 10.6 Å². The number of nitrogens with one attached hydrogen (secondary N) is 2. The van der Waals surface area contributed by atoms with E-state index < -0.39 is 35.9 Å². The van der Waals surface area contributed by atoms with Gasteiger partial charge in [0, 0.05) is 4.88 Å². The molecule has 1 fully saturated rings. The fraction of sp³-hybridized carbons (Fsp3) is 0.440. The number of anilines is 1. The maximum atomic E-state index is 13.3. The molecule has 2 N–H and O–H groups in total. The molecule has 1 aromatic heterocycles. The van der Waals surface area contributed by atoms with Crippen molar-refractivity contribution in [1.82, 2.24) is 10.2 Å².